The van der Waals surface area contributed by atoms with Crippen LogP contribution in [0.25, 0.3) is 28.0 Å². The summed E-state index contributed by atoms with van der Waals surface area (Å²) in [6.45, 7) is 2.60. The number of pyridine rings is 1. The van der Waals surface area contributed by atoms with E-state index in [0.717, 1.165) is 13.8 Å². The molecule has 0 aliphatic heterocycles. The van der Waals surface area contributed by atoms with Gasteiger partial charge >= 0.3 is 11.9 Å². The maximum absolute atomic E-state index is 12.8. The van der Waals surface area contributed by atoms with Crippen LogP contribution in [-0.4, -0.2) is 25.3 Å². The monoisotopic (exact) mass is 444 g/mol. The molecule has 3 heterocycles. The van der Waals surface area contributed by atoms with Crippen LogP contribution in [0, 0.1) is 19.1 Å². The van der Waals surface area contributed by atoms with Crippen molar-refractivity contribution in [3.63, 3.8) is 0 Å². The van der Waals surface area contributed by atoms with Gasteiger partial charge in [-0.25, -0.2) is 18.9 Å². The number of anilines is 1. The van der Waals surface area contributed by atoms with Crippen LogP contribution in [0.2, 0.25) is 0 Å². The van der Waals surface area contributed by atoms with Gasteiger partial charge in [0.25, 0.3) is 0 Å². The third kappa shape index (κ3) is 3.77. The van der Waals surface area contributed by atoms with Crippen LogP contribution in [0.4, 0.5) is 19.1 Å². The van der Waals surface area contributed by atoms with Gasteiger partial charge in [-0.15, -0.1) is 5.10 Å². The van der Waals surface area contributed by atoms with Gasteiger partial charge in [0.1, 0.15) is 0 Å². The van der Waals surface area contributed by atoms with Gasteiger partial charge in [-0.2, -0.15) is 17.9 Å². The maximum Gasteiger partial charge on any atom is 0.390 e. The van der Waals surface area contributed by atoms with Gasteiger partial charge in [0, 0.05) is 37.1 Å². The third-order valence-corrected chi connectivity index (χ3v) is 5.07. The average Bonchev–Trinajstić information content (AvgIpc) is 3.07. The molecule has 3 aromatic heterocycles. The Morgan fingerprint density at radius 1 is 1.09 bits per heavy atom. The van der Waals surface area contributed by atoms with E-state index in [1.807, 2.05) is 6.07 Å². The van der Waals surface area contributed by atoms with E-state index in [1.165, 1.54) is 0 Å². The molecule has 166 valence electrons. The molecule has 8 nitrogen and oxygen atoms in total. The summed E-state index contributed by atoms with van der Waals surface area (Å²) in [5, 5.41) is 16.3. The molecule has 0 unspecified atom stereocenters. The van der Waals surface area contributed by atoms with Crippen LogP contribution < -0.4 is 16.2 Å². The lowest BCUT2D eigenvalue weighted by Gasteiger charge is -2.13. The lowest BCUT2D eigenvalue weighted by atomic mass is 9.99. The number of aromatic nitrogens is 5. The quantitative estimate of drug-likeness (QED) is 0.385. The van der Waals surface area contributed by atoms with Crippen molar-refractivity contribution in [1.82, 2.24) is 19.2 Å². The second-order valence-electron chi connectivity index (χ2n) is 7.41. The molecule has 0 bridgehead atoms. The van der Waals surface area contributed by atoms with E-state index in [0.29, 0.717) is 33.8 Å². The fourth-order valence-corrected chi connectivity index (χ4v) is 3.58. The van der Waals surface area contributed by atoms with E-state index in [9.17, 15) is 23.2 Å². The molecule has 0 aliphatic rings. The maximum atomic E-state index is 12.8. The Bertz CT molecular complexity index is 1350. The molecule has 0 fully saturated rings. The molecule has 4 aromatic rings. The number of nitrogen functional groups attached to an aromatic ring is 1. The van der Waals surface area contributed by atoms with E-state index >= 15 is 0 Å². The van der Waals surface area contributed by atoms with Crippen LogP contribution >= 0.6 is 0 Å². The van der Waals surface area contributed by atoms with Gasteiger partial charge in [0.2, 0.25) is 5.95 Å². The highest BCUT2D eigenvalue weighted by molar-refractivity contribution is 5.90. The Labute approximate surface area is 180 Å². The zero-order valence-electron chi connectivity index (χ0n) is 17.2. The first-order valence-electron chi connectivity index (χ1n) is 9.69. The predicted octanol–water partition coefficient (Wildman–Crippen LogP) is 3.01. The molecule has 0 aliphatic carbocycles. The van der Waals surface area contributed by atoms with E-state index in [-0.39, 0.29) is 11.6 Å². The molecular weight excluding hydrogens is 425 g/mol. The summed E-state index contributed by atoms with van der Waals surface area (Å²) in [7, 11) is 0. The summed E-state index contributed by atoms with van der Waals surface area (Å²) in [4.78, 5) is 17.2. The van der Waals surface area contributed by atoms with Crippen LogP contribution in [0.15, 0.2) is 47.3 Å². The fourth-order valence-electron chi connectivity index (χ4n) is 3.58. The predicted molar refractivity (Wildman–Crippen MR) is 112 cm³/mol. The smallest absolute Gasteiger partial charge is 0.390 e. The van der Waals surface area contributed by atoms with Crippen molar-refractivity contribution in [3.8, 4) is 22.4 Å². The van der Waals surface area contributed by atoms with Crippen molar-refractivity contribution in [2.45, 2.75) is 33.0 Å². The number of hydrogen-bond donors (Lipinski definition) is 1. The first-order chi connectivity index (χ1) is 15.1. The minimum Gasteiger partial charge on any atom is -0.618 e. The number of halogens is 3. The average molecular weight is 444 g/mol. The van der Waals surface area contributed by atoms with Crippen molar-refractivity contribution in [1.29, 1.82) is 0 Å². The highest BCUT2D eigenvalue weighted by atomic mass is 19.4. The molecule has 0 saturated heterocycles. The zero-order chi connectivity index (χ0) is 23.2. The summed E-state index contributed by atoms with van der Waals surface area (Å²) < 4.78 is 40.7. The number of fused-ring (bicyclic) bond motifs is 1. The SMILES string of the molecule is Cc1cc(-c2c(-c3ccccc3)nc(N)n3c(=O)n(CCC(F)(F)F)nc23)cc(C)[n+]1[O-]. The lowest BCUT2D eigenvalue weighted by Crippen LogP contribution is -2.33. The summed E-state index contributed by atoms with van der Waals surface area (Å²) in [5.41, 5.74) is 8.07. The number of benzene rings is 1. The van der Waals surface area contributed by atoms with E-state index in [4.69, 9.17) is 5.73 Å². The van der Waals surface area contributed by atoms with Crippen LogP contribution in [-0.2, 0) is 6.54 Å². The molecule has 0 saturated carbocycles. The summed E-state index contributed by atoms with van der Waals surface area (Å²) in [5.74, 6) is -0.200. The lowest BCUT2D eigenvalue weighted by molar-refractivity contribution is -0.619. The van der Waals surface area contributed by atoms with Crippen LogP contribution in [0.5, 0.6) is 0 Å². The molecule has 2 N–H and O–H groups in total. The Hall–Kier alpha value is -3.89. The molecular formula is C21H19F3N6O2. The molecule has 0 radical (unpaired) electrons. The Morgan fingerprint density at radius 2 is 1.72 bits per heavy atom. The van der Waals surface area contributed by atoms with Gasteiger partial charge in [0.05, 0.1) is 24.2 Å². The number of alkyl halides is 3. The molecule has 32 heavy (non-hydrogen) atoms. The normalized spacial score (nSPS) is 11.9. The number of hydrogen-bond acceptors (Lipinski definition) is 5. The number of nitrogens with two attached hydrogens (primary N) is 1. The van der Waals surface area contributed by atoms with Crippen LogP contribution in [0.3, 0.4) is 0 Å². The second kappa shape index (κ2) is 7.66. The molecule has 0 atom stereocenters. The first-order valence-corrected chi connectivity index (χ1v) is 9.69. The minimum absolute atomic E-state index is 0.0611. The molecule has 4 rings (SSSR count). The highest BCUT2D eigenvalue weighted by Gasteiger charge is 2.29. The van der Waals surface area contributed by atoms with Crippen molar-refractivity contribution < 1.29 is 17.9 Å². The van der Waals surface area contributed by atoms with E-state index < -0.39 is 24.8 Å². The fraction of sp³-hybridized carbons (Fsp3) is 0.238. The number of nitrogens with zero attached hydrogens (tertiary/aromatic N) is 5. The zero-order valence-corrected chi connectivity index (χ0v) is 17.2. The number of rotatable bonds is 4. The summed E-state index contributed by atoms with van der Waals surface area (Å²) in [6, 6.07) is 12.2. The van der Waals surface area contributed by atoms with E-state index in [1.54, 1.807) is 50.2 Å². The van der Waals surface area contributed by atoms with E-state index in [2.05, 4.69) is 10.1 Å². The van der Waals surface area contributed by atoms with Gasteiger partial charge < -0.3 is 10.9 Å². The topological polar surface area (TPSA) is 105 Å². The Balaban J connectivity index is 2.06. The molecule has 11 heteroatoms. The van der Waals surface area contributed by atoms with Gasteiger partial charge in [-0.05, 0) is 0 Å². The largest absolute Gasteiger partial charge is 0.618 e. The third-order valence-electron chi connectivity index (χ3n) is 5.07. The molecule has 1 aromatic carbocycles. The highest BCUT2D eigenvalue weighted by Crippen LogP contribution is 2.34. The van der Waals surface area contributed by atoms with Gasteiger partial charge in [0.15, 0.2) is 17.0 Å². The van der Waals surface area contributed by atoms with Crippen molar-refractivity contribution in [3.05, 3.63) is 69.5 Å². The molecule has 0 amide bonds. The standard InChI is InChI=1S/C21H19F3N6O2/c1-12-10-15(11-13(2)30(12)32)16-17(14-6-4-3-5-7-14)26-19(25)29-18(16)27-28(20(29)31)9-8-21(22,23)24/h3-7,10-11H,8-9H2,1-2H3,(H2,25,26). The van der Waals surface area contributed by atoms with Crippen molar-refractivity contribution in [2.75, 3.05) is 5.73 Å². The van der Waals surface area contributed by atoms with Gasteiger partial charge in [-0.3, -0.25) is 0 Å². The minimum atomic E-state index is -4.45. The summed E-state index contributed by atoms with van der Waals surface area (Å²) in [6.07, 6.45) is -5.67. The number of aryl methyl sites for hydroxylation is 3. The Kier molecular flexibility index (Phi) is 5.11. The van der Waals surface area contributed by atoms with Crippen molar-refractivity contribution >= 4 is 11.6 Å². The summed E-state index contributed by atoms with van der Waals surface area (Å²) >= 11 is 0. The Morgan fingerprint density at radius 3 is 2.31 bits per heavy atom. The second-order valence-corrected chi connectivity index (χ2v) is 7.41. The van der Waals surface area contributed by atoms with Crippen molar-refractivity contribution in [2.24, 2.45) is 0 Å². The molecule has 0 spiro atoms. The first kappa shape index (κ1) is 21.3. The van der Waals surface area contributed by atoms with Crippen LogP contribution in [0.1, 0.15) is 17.8 Å². The van der Waals surface area contributed by atoms with Gasteiger partial charge in [-0.1, -0.05) is 30.3 Å².